The van der Waals surface area contributed by atoms with Gasteiger partial charge in [0.2, 0.25) is 0 Å². The van der Waals surface area contributed by atoms with Crippen LogP contribution in [0.25, 0.3) is 0 Å². The zero-order valence-corrected chi connectivity index (χ0v) is 12.5. The molecule has 1 atom stereocenters. The summed E-state index contributed by atoms with van der Waals surface area (Å²) in [5.41, 5.74) is 1.25. The second-order valence-corrected chi connectivity index (χ2v) is 5.32. The van der Waals surface area contributed by atoms with Crippen molar-refractivity contribution in [2.45, 2.75) is 38.3 Å². The van der Waals surface area contributed by atoms with Crippen molar-refractivity contribution in [3.63, 3.8) is 0 Å². The molecule has 1 heterocycles. The summed E-state index contributed by atoms with van der Waals surface area (Å²) in [5.74, 6) is 1.56. The maximum atomic E-state index is 8.98. The van der Waals surface area contributed by atoms with Gasteiger partial charge in [-0.1, -0.05) is 6.07 Å². The van der Waals surface area contributed by atoms with Gasteiger partial charge in [0, 0.05) is 19.2 Å². The fraction of sp³-hybridized carbons (Fsp3) is 0.625. The van der Waals surface area contributed by atoms with E-state index in [9.17, 15) is 0 Å². The smallest absolute Gasteiger partial charge is 0.161 e. The molecule has 1 saturated heterocycles. The summed E-state index contributed by atoms with van der Waals surface area (Å²) < 4.78 is 10.6. The molecule has 1 aromatic rings. The standard InChI is InChI=1S/C16H25NO3/c1-19-15-8-7-13(11-16(15)20-2)12-17-9-3-5-14(17)6-4-10-18/h7-8,11,14,18H,3-6,9-10,12H2,1-2H3. The molecular formula is C16H25NO3. The molecular weight excluding hydrogens is 254 g/mol. The third-order valence-electron chi connectivity index (χ3n) is 4.03. The van der Waals surface area contributed by atoms with Gasteiger partial charge < -0.3 is 14.6 Å². The zero-order chi connectivity index (χ0) is 14.4. The van der Waals surface area contributed by atoms with Gasteiger partial charge in [0.1, 0.15) is 0 Å². The van der Waals surface area contributed by atoms with Crippen LogP contribution in [0.3, 0.4) is 0 Å². The van der Waals surface area contributed by atoms with Crippen molar-refractivity contribution in [3.8, 4) is 11.5 Å². The SMILES string of the molecule is COc1ccc(CN2CCCC2CCCO)cc1OC. The third-order valence-corrected chi connectivity index (χ3v) is 4.03. The van der Waals surface area contributed by atoms with Crippen LogP contribution in [0.15, 0.2) is 18.2 Å². The van der Waals surface area contributed by atoms with E-state index in [0.29, 0.717) is 12.6 Å². The topological polar surface area (TPSA) is 41.9 Å². The van der Waals surface area contributed by atoms with Crippen molar-refractivity contribution < 1.29 is 14.6 Å². The van der Waals surface area contributed by atoms with E-state index in [2.05, 4.69) is 17.0 Å². The molecule has 112 valence electrons. The molecule has 1 aromatic carbocycles. The van der Waals surface area contributed by atoms with Gasteiger partial charge in [-0.25, -0.2) is 0 Å². The number of aliphatic hydroxyl groups excluding tert-OH is 1. The Hall–Kier alpha value is -1.26. The third kappa shape index (κ3) is 3.64. The van der Waals surface area contributed by atoms with E-state index in [0.717, 1.165) is 37.4 Å². The lowest BCUT2D eigenvalue weighted by Crippen LogP contribution is -2.29. The highest BCUT2D eigenvalue weighted by molar-refractivity contribution is 5.42. The summed E-state index contributed by atoms with van der Waals surface area (Å²) in [6.45, 7) is 2.38. The maximum absolute atomic E-state index is 8.98. The van der Waals surface area contributed by atoms with E-state index in [1.165, 1.54) is 18.4 Å². The quantitative estimate of drug-likeness (QED) is 0.832. The van der Waals surface area contributed by atoms with Crippen LogP contribution >= 0.6 is 0 Å². The first-order valence-electron chi connectivity index (χ1n) is 7.34. The fourth-order valence-electron chi connectivity index (χ4n) is 2.97. The summed E-state index contributed by atoms with van der Waals surface area (Å²) in [5, 5.41) is 8.98. The van der Waals surface area contributed by atoms with Crippen LogP contribution < -0.4 is 9.47 Å². The molecule has 0 aliphatic carbocycles. The van der Waals surface area contributed by atoms with Crippen molar-refractivity contribution in [2.75, 3.05) is 27.4 Å². The molecule has 1 unspecified atom stereocenters. The Morgan fingerprint density at radius 1 is 1.25 bits per heavy atom. The van der Waals surface area contributed by atoms with E-state index < -0.39 is 0 Å². The Balaban J connectivity index is 2.01. The Morgan fingerprint density at radius 3 is 2.75 bits per heavy atom. The van der Waals surface area contributed by atoms with Gasteiger partial charge in [0.05, 0.1) is 14.2 Å². The molecule has 1 aliphatic rings. The monoisotopic (exact) mass is 279 g/mol. The van der Waals surface area contributed by atoms with Gasteiger partial charge in [-0.3, -0.25) is 4.90 Å². The minimum absolute atomic E-state index is 0.292. The summed E-state index contributed by atoms with van der Waals surface area (Å²) in [6, 6.07) is 6.73. The van der Waals surface area contributed by atoms with Crippen LogP contribution in [-0.2, 0) is 6.54 Å². The fourth-order valence-corrected chi connectivity index (χ4v) is 2.97. The largest absolute Gasteiger partial charge is 0.493 e. The van der Waals surface area contributed by atoms with Crippen LogP contribution in [0.2, 0.25) is 0 Å². The van der Waals surface area contributed by atoms with E-state index in [1.54, 1.807) is 14.2 Å². The van der Waals surface area contributed by atoms with Crippen LogP contribution in [0, 0.1) is 0 Å². The predicted molar refractivity (Wildman–Crippen MR) is 79.3 cm³/mol. The van der Waals surface area contributed by atoms with Crippen molar-refractivity contribution in [1.82, 2.24) is 4.90 Å². The molecule has 0 amide bonds. The number of hydrogen-bond acceptors (Lipinski definition) is 4. The molecule has 0 saturated carbocycles. The normalized spacial score (nSPS) is 19.2. The highest BCUT2D eigenvalue weighted by Crippen LogP contribution is 2.30. The molecule has 4 nitrogen and oxygen atoms in total. The number of nitrogens with zero attached hydrogens (tertiary/aromatic N) is 1. The van der Waals surface area contributed by atoms with Crippen LogP contribution in [0.1, 0.15) is 31.2 Å². The molecule has 0 spiro atoms. The minimum Gasteiger partial charge on any atom is -0.493 e. The first kappa shape index (κ1) is 15.1. The summed E-state index contributed by atoms with van der Waals surface area (Å²) >= 11 is 0. The maximum Gasteiger partial charge on any atom is 0.161 e. The number of aliphatic hydroxyl groups is 1. The molecule has 20 heavy (non-hydrogen) atoms. The average Bonchev–Trinajstić information content (AvgIpc) is 2.92. The minimum atomic E-state index is 0.292. The van der Waals surface area contributed by atoms with Crippen molar-refractivity contribution in [2.24, 2.45) is 0 Å². The number of benzene rings is 1. The van der Waals surface area contributed by atoms with Gasteiger partial charge in [-0.05, 0) is 49.9 Å². The first-order chi connectivity index (χ1) is 9.78. The van der Waals surface area contributed by atoms with E-state index in [-0.39, 0.29) is 0 Å². The van der Waals surface area contributed by atoms with Gasteiger partial charge in [0.25, 0.3) is 0 Å². The van der Waals surface area contributed by atoms with Crippen molar-refractivity contribution in [1.29, 1.82) is 0 Å². The highest BCUT2D eigenvalue weighted by atomic mass is 16.5. The average molecular weight is 279 g/mol. The molecule has 4 heteroatoms. The van der Waals surface area contributed by atoms with Crippen molar-refractivity contribution in [3.05, 3.63) is 23.8 Å². The lowest BCUT2D eigenvalue weighted by atomic mass is 10.1. The predicted octanol–water partition coefficient (Wildman–Crippen LogP) is 2.44. The van der Waals surface area contributed by atoms with Crippen LogP contribution in [0.5, 0.6) is 11.5 Å². The van der Waals surface area contributed by atoms with E-state index in [1.807, 2.05) is 6.07 Å². The summed E-state index contributed by atoms with van der Waals surface area (Å²) in [7, 11) is 3.32. The molecule has 1 N–H and O–H groups in total. The van der Waals surface area contributed by atoms with Gasteiger partial charge in [-0.2, -0.15) is 0 Å². The zero-order valence-electron chi connectivity index (χ0n) is 12.5. The summed E-state index contributed by atoms with van der Waals surface area (Å²) in [4.78, 5) is 2.51. The first-order valence-corrected chi connectivity index (χ1v) is 7.34. The Morgan fingerprint density at radius 2 is 2.05 bits per heavy atom. The van der Waals surface area contributed by atoms with E-state index >= 15 is 0 Å². The molecule has 1 fully saturated rings. The van der Waals surface area contributed by atoms with E-state index in [4.69, 9.17) is 14.6 Å². The number of hydrogen-bond donors (Lipinski definition) is 1. The Kier molecular flexibility index (Phi) is 5.68. The summed E-state index contributed by atoms with van der Waals surface area (Å²) in [6.07, 6.45) is 4.48. The molecule has 1 aliphatic heterocycles. The number of likely N-dealkylation sites (tertiary alicyclic amines) is 1. The second-order valence-electron chi connectivity index (χ2n) is 5.32. The Bertz CT molecular complexity index is 422. The highest BCUT2D eigenvalue weighted by Gasteiger charge is 2.24. The number of rotatable bonds is 7. The number of methoxy groups -OCH3 is 2. The molecule has 0 aromatic heterocycles. The van der Waals surface area contributed by atoms with Gasteiger partial charge in [0.15, 0.2) is 11.5 Å². The Labute approximate surface area is 121 Å². The van der Waals surface area contributed by atoms with Gasteiger partial charge >= 0.3 is 0 Å². The molecule has 0 bridgehead atoms. The number of ether oxygens (including phenoxy) is 2. The molecule has 2 rings (SSSR count). The van der Waals surface area contributed by atoms with Gasteiger partial charge in [-0.15, -0.1) is 0 Å². The van der Waals surface area contributed by atoms with Crippen LogP contribution in [0.4, 0.5) is 0 Å². The lowest BCUT2D eigenvalue weighted by molar-refractivity contribution is 0.210. The second kappa shape index (κ2) is 7.50. The lowest BCUT2D eigenvalue weighted by Gasteiger charge is -2.24. The van der Waals surface area contributed by atoms with Crippen molar-refractivity contribution >= 4 is 0 Å². The molecule has 0 radical (unpaired) electrons. The van der Waals surface area contributed by atoms with Crippen LogP contribution in [-0.4, -0.2) is 43.4 Å².